The second-order valence-electron chi connectivity index (χ2n) is 5.20. The van der Waals surface area contributed by atoms with Gasteiger partial charge in [-0.15, -0.1) is 0 Å². The number of ether oxygens (including phenoxy) is 1. The normalized spacial score (nSPS) is 21.6. The largest absolute Gasteiger partial charge is 0.445 e. The average molecular weight is 277 g/mol. The summed E-state index contributed by atoms with van der Waals surface area (Å²) in [7, 11) is 0. The van der Waals surface area contributed by atoms with E-state index < -0.39 is 0 Å². The van der Waals surface area contributed by atoms with Crippen molar-refractivity contribution < 1.29 is 9.53 Å². The van der Waals surface area contributed by atoms with Crippen LogP contribution in [0.4, 0.5) is 4.79 Å². The van der Waals surface area contributed by atoms with Gasteiger partial charge in [0.25, 0.3) is 0 Å². The van der Waals surface area contributed by atoms with E-state index in [0.29, 0.717) is 25.1 Å². The predicted octanol–water partition coefficient (Wildman–Crippen LogP) is 1.81. The number of nitrogens with one attached hydrogen (secondary N) is 3. The van der Waals surface area contributed by atoms with Crippen LogP contribution in [-0.2, 0) is 11.3 Å². The van der Waals surface area contributed by atoms with Crippen molar-refractivity contribution in [2.75, 3.05) is 13.1 Å². The summed E-state index contributed by atoms with van der Waals surface area (Å²) in [5.41, 5.74) is 7.34. The van der Waals surface area contributed by atoms with Crippen LogP contribution in [0.3, 0.4) is 0 Å². The van der Waals surface area contributed by atoms with Crippen LogP contribution in [0.5, 0.6) is 0 Å². The third kappa shape index (κ3) is 4.83. The number of rotatable bonds is 6. The summed E-state index contributed by atoms with van der Waals surface area (Å²) in [6.45, 7) is 4.16. The zero-order valence-corrected chi connectivity index (χ0v) is 11.9. The van der Waals surface area contributed by atoms with Crippen LogP contribution in [0.15, 0.2) is 30.3 Å². The monoisotopic (exact) mass is 277 g/mol. The first-order valence-electron chi connectivity index (χ1n) is 7.18. The summed E-state index contributed by atoms with van der Waals surface area (Å²) in [5, 5.41) is 2.79. The molecule has 0 radical (unpaired) electrons. The number of hydrogen-bond donors (Lipinski definition) is 3. The number of benzene rings is 1. The maximum Gasteiger partial charge on any atom is 0.407 e. The number of hydrazine groups is 1. The van der Waals surface area contributed by atoms with E-state index in [-0.39, 0.29) is 6.09 Å². The van der Waals surface area contributed by atoms with E-state index in [1.807, 2.05) is 30.3 Å². The fraction of sp³-hybridized carbons (Fsp3) is 0.533. The Morgan fingerprint density at radius 1 is 1.40 bits per heavy atom. The molecule has 1 aliphatic heterocycles. The Morgan fingerprint density at radius 3 is 2.90 bits per heavy atom. The molecule has 0 aromatic heterocycles. The van der Waals surface area contributed by atoms with Gasteiger partial charge in [0.15, 0.2) is 0 Å². The lowest BCUT2D eigenvalue weighted by molar-refractivity contribution is 0.139. The highest BCUT2D eigenvalue weighted by atomic mass is 16.5. The Balaban J connectivity index is 1.54. The van der Waals surface area contributed by atoms with Gasteiger partial charge in [-0.25, -0.2) is 4.79 Å². The molecule has 0 saturated carbocycles. The van der Waals surface area contributed by atoms with Gasteiger partial charge in [-0.3, -0.25) is 10.9 Å². The van der Waals surface area contributed by atoms with Crippen LogP contribution >= 0.6 is 0 Å². The second-order valence-corrected chi connectivity index (χ2v) is 5.20. The first-order chi connectivity index (χ1) is 9.75. The zero-order valence-electron chi connectivity index (χ0n) is 11.9. The molecular formula is C15H23N3O2. The summed E-state index contributed by atoms with van der Waals surface area (Å²) in [4.78, 5) is 11.5. The smallest absolute Gasteiger partial charge is 0.407 e. The minimum Gasteiger partial charge on any atom is -0.445 e. The van der Waals surface area contributed by atoms with E-state index in [9.17, 15) is 4.79 Å². The molecule has 0 spiro atoms. The molecule has 1 saturated heterocycles. The number of amides is 1. The molecule has 2 atom stereocenters. The summed E-state index contributed by atoms with van der Waals surface area (Å²) in [6, 6.07) is 10.2. The molecule has 0 bridgehead atoms. The summed E-state index contributed by atoms with van der Waals surface area (Å²) in [6.07, 6.45) is 1.73. The van der Waals surface area contributed by atoms with Gasteiger partial charge < -0.3 is 10.1 Å². The van der Waals surface area contributed by atoms with Crippen molar-refractivity contribution in [3.8, 4) is 0 Å². The molecule has 2 unspecified atom stereocenters. The Kier molecular flexibility index (Phi) is 5.83. The highest BCUT2D eigenvalue weighted by molar-refractivity contribution is 5.67. The van der Waals surface area contributed by atoms with E-state index in [4.69, 9.17) is 4.74 Å². The fourth-order valence-corrected chi connectivity index (χ4v) is 2.33. The zero-order chi connectivity index (χ0) is 14.2. The van der Waals surface area contributed by atoms with Gasteiger partial charge in [0.05, 0.1) is 0 Å². The third-order valence-corrected chi connectivity index (χ3v) is 3.63. The summed E-state index contributed by atoms with van der Waals surface area (Å²) >= 11 is 0. The van der Waals surface area contributed by atoms with Crippen LogP contribution in [0, 0.1) is 5.92 Å². The van der Waals surface area contributed by atoms with Crippen LogP contribution in [0.2, 0.25) is 0 Å². The first-order valence-corrected chi connectivity index (χ1v) is 7.18. The molecule has 3 N–H and O–H groups in total. The van der Waals surface area contributed by atoms with E-state index in [1.165, 1.54) is 0 Å². The standard InChI is InChI=1S/C15H23N3O2/c1-12-14(10-17-18-12)8-5-9-16-15(19)20-11-13-6-3-2-4-7-13/h2-4,6-7,12,14,17-18H,5,8-11H2,1H3,(H,16,19). The molecule has 1 aliphatic rings. The van der Waals surface area contributed by atoms with Crippen LogP contribution in [-0.4, -0.2) is 25.2 Å². The Labute approximate surface area is 120 Å². The van der Waals surface area contributed by atoms with Gasteiger partial charge in [0.2, 0.25) is 0 Å². The third-order valence-electron chi connectivity index (χ3n) is 3.63. The lowest BCUT2D eigenvalue weighted by atomic mass is 9.98. The van der Waals surface area contributed by atoms with Crippen molar-refractivity contribution in [3.63, 3.8) is 0 Å². The maximum atomic E-state index is 11.5. The molecule has 1 fully saturated rings. The van der Waals surface area contributed by atoms with Crippen molar-refractivity contribution in [2.24, 2.45) is 5.92 Å². The summed E-state index contributed by atoms with van der Waals surface area (Å²) in [5.74, 6) is 0.636. The Morgan fingerprint density at radius 2 is 2.20 bits per heavy atom. The number of alkyl carbamates (subject to hydrolysis) is 1. The van der Waals surface area contributed by atoms with Crippen molar-refractivity contribution in [3.05, 3.63) is 35.9 Å². The molecule has 1 heterocycles. The molecule has 1 aromatic rings. The van der Waals surface area contributed by atoms with Crippen LogP contribution < -0.4 is 16.2 Å². The van der Waals surface area contributed by atoms with Crippen molar-refractivity contribution in [1.29, 1.82) is 0 Å². The lowest BCUT2D eigenvalue weighted by Gasteiger charge is -2.13. The quantitative estimate of drug-likeness (QED) is 0.694. The van der Waals surface area contributed by atoms with Crippen LogP contribution in [0.25, 0.3) is 0 Å². The van der Waals surface area contributed by atoms with E-state index >= 15 is 0 Å². The van der Waals surface area contributed by atoms with E-state index in [1.54, 1.807) is 0 Å². The van der Waals surface area contributed by atoms with E-state index in [2.05, 4.69) is 23.1 Å². The molecule has 20 heavy (non-hydrogen) atoms. The van der Waals surface area contributed by atoms with Gasteiger partial charge in [-0.05, 0) is 31.2 Å². The number of hydrogen-bond acceptors (Lipinski definition) is 4. The number of carbonyl (C=O) groups is 1. The molecule has 5 heteroatoms. The van der Waals surface area contributed by atoms with Gasteiger partial charge in [0.1, 0.15) is 6.61 Å². The minimum absolute atomic E-state index is 0.320. The fourth-order valence-electron chi connectivity index (χ4n) is 2.33. The SMILES string of the molecule is CC1NNCC1CCCNC(=O)OCc1ccccc1. The number of carbonyl (C=O) groups excluding carboxylic acids is 1. The molecule has 5 nitrogen and oxygen atoms in total. The highest BCUT2D eigenvalue weighted by Gasteiger charge is 2.21. The lowest BCUT2D eigenvalue weighted by Crippen LogP contribution is -2.29. The molecule has 1 amide bonds. The van der Waals surface area contributed by atoms with Gasteiger partial charge in [-0.2, -0.15) is 0 Å². The molecule has 1 aromatic carbocycles. The average Bonchev–Trinajstić information content (AvgIpc) is 2.88. The topological polar surface area (TPSA) is 62.4 Å². The van der Waals surface area contributed by atoms with Gasteiger partial charge >= 0.3 is 6.09 Å². The molecule has 110 valence electrons. The summed E-state index contributed by atoms with van der Waals surface area (Å²) < 4.78 is 5.15. The maximum absolute atomic E-state index is 11.5. The minimum atomic E-state index is -0.343. The predicted molar refractivity (Wildman–Crippen MR) is 78.0 cm³/mol. The van der Waals surface area contributed by atoms with Crippen molar-refractivity contribution in [1.82, 2.24) is 16.2 Å². The van der Waals surface area contributed by atoms with Gasteiger partial charge in [0, 0.05) is 19.1 Å². The van der Waals surface area contributed by atoms with Crippen molar-refractivity contribution in [2.45, 2.75) is 32.4 Å². The molecular weight excluding hydrogens is 254 g/mol. The first kappa shape index (κ1) is 14.8. The van der Waals surface area contributed by atoms with Crippen molar-refractivity contribution >= 4 is 6.09 Å². The second kappa shape index (κ2) is 7.87. The van der Waals surface area contributed by atoms with E-state index in [0.717, 1.165) is 24.9 Å². The Hall–Kier alpha value is -1.59. The molecule has 2 rings (SSSR count). The highest BCUT2D eigenvalue weighted by Crippen LogP contribution is 2.13. The molecule has 0 aliphatic carbocycles. The Bertz CT molecular complexity index is 411. The van der Waals surface area contributed by atoms with Gasteiger partial charge in [-0.1, -0.05) is 30.3 Å². The van der Waals surface area contributed by atoms with Crippen LogP contribution in [0.1, 0.15) is 25.3 Å².